The number of carbonyl (C=O) groups excluding carboxylic acids is 1. The third-order valence-corrected chi connectivity index (χ3v) is 4.62. The third-order valence-electron chi connectivity index (χ3n) is 4.33. The van der Waals surface area contributed by atoms with Gasteiger partial charge in [-0.15, -0.1) is 0 Å². The maximum absolute atomic E-state index is 13.2. The molecule has 7 heteroatoms. The molecule has 1 aromatic heterocycles. The molecule has 4 aromatic rings. The first-order chi connectivity index (χ1) is 13.4. The Morgan fingerprint density at radius 1 is 1.11 bits per heavy atom. The number of benzene rings is 3. The molecule has 0 bridgehead atoms. The molecule has 0 aliphatic carbocycles. The van der Waals surface area contributed by atoms with E-state index in [1.807, 2.05) is 6.07 Å². The lowest BCUT2D eigenvalue weighted by Gasteiger charge is -2.11. The van der Waals surface area contributed by atoms with Gasteiger partial charge in [0.2, 0.25) is 5.91 Å². The fourth-order valence-electron chi connectivity index (χ4n) is 2.88. The number of aryl methyl sites for hydroxylation is 1. The minimum atomic E-state index is -0.501. The van der Waals surface area contributed by atoms with Crippen LogP contribution in [-0.2, 0) is 0 Å². The van der Waals surface area contributed by atoms with E-state index in [2.05, 4.69) is 9.97 Å². The highest BCUT2D eigenvalue weighted by atomic mass is 35.5. The molecule has 140 valence electrons. The van der Waals surface area contributed by atoms with E-state index in [0.717, 1.165) is 5.56 Å². The Bertz CT molecular complexity index is 1220. The summed E-state index contributed by atoms with van der Waals surface area (Å²) in [4.78, 5) is 19.0. The quantitative estimate of drug-likeness (QED) is 0.497. The van der Waals surface area contributed by atoms with Gasteiger partial charge in [0.25, 0.3) is 0 Å². The molecule has 0 unspecified atom stereocenters. The van der Waals surface area contributed by atoms with Crippen LogP contribution >= 0.6 is 11.6 Å². The molecule has 0 saturated heterocycles. The molecule has 0 radical (unpaired) electrons. The van der Waals surface area contributed by atoms with Crippen LogP contribution in [0.2, 0.25) is 5.02 Å². The second-order valence-electron chi connectivity index (χ2n) is 6.34. The third kappa shape index (κ3) is 3.42. The summed E-state index contributed by atoms with van der Waals surface area (Å²) >= 11 is 6.38. The van der Waals surface area contributed by atoms with Crippen molar-refractivity contribution in [1.82, 2.24) is 9.97 Å². The number of nitrogens with one attached hydrogen (secondary N) is 1. The number of ether oxygens (including phenoxy) is 1. The summed E-state index contributed by atoms with van der Waals surface area (Å²) in [6.07, 6.45) is 0. The van der Waals surface area contributed by atoms with Gasteiger partial charge >= 0.3 is 0 Å². The van der Waals surface area contributed by atoms with Crippen molar-refractivity contribution in [2.24, 2.45) is 5.73 Å². The molecule has 5 nitrogen and oxygen atoms in total. The lowest BCUT2D eigenvalue weighted by molar-refractivity contribution is 0.100. The zero-order chi connectivity index (χ0) is 19.8. The Hall–Kier alpha value is -3.38. The van der Waals surface area contributed by atoms with Gasteiger partial charge in [-0.05, 0) is 67.1 Å². The molecule has 0 aliphatic heterocycles. The number of hydrogen-bond donors (Lipinski definition) is 2. The van der Waals surface area contributed by atoms with Crippen LogP contribution < -0.4 is 10.5 Å². The van der Waals surface area contributed by atoms with Crippen molar-refractivity contribution in [3.05, 3.63) is 76.6 Å². The number of aromatic nitrogens is 2. The van der Waals surface area contributed by atoms with Crippen LogP contribution in [0.3, 0.4) is 0 Å². The number of carbonyl (C=O) groups is 1. The summed E-state index contributed by atoms with van der Waals surface area (Å²) in [5.74, 6) is 0.753. The van der Waals surface area contributed by atoms with Gasteiger partial charge in [0.1, 0.15) is 23.1 Å². The molecule has 0 fully saturated rings. The van der Waals surface area contributed by atoms with Gasteiger partial charge in [-0.2, -0.15) is 0 Å². The number of nitrogens with zero attached hydrogens (tertiary/aromatic N) is 1. The van der Waals surface area contributed by atoms with Gasteiger partial charge in [-0.25, -0.2) is 9.37 Å². The topological polar surface area (TPSA) is 81.0 Å². The van der Waals surface area contributed by atoms with E-state index in [-0.39, 0.29) is 5.82 Å². The number of aromatic amines is 1. The molecule has 1 amide bonds. The van der Waals surface area contributed by atoms with Crippen LogP contribution in [0.25, 0.3) is 22.4 Å². The maximum atomic E-state index is 13.2. The van der Waals surface area contributed by atoms with E-state index < -0.39 is 5.91 Å². The molecule has 3 N–H and O–H groups in total. The first kappa shape index (κ1) is 18.0. The van der Waals surface area contributed by atoms with Crippen molar-refractivity contribution in [2.45, 2.75) is 6.92 Å². The van der Waals surface area contributed by atoms with Crippen molar-refractivity contribution >= 4 is 28.5 Å². The highest BCUT2D eigenvalue weighted by Gasteiger charge is 2.12. The van der Waals surface area contributed by atoms with Crippen molar-refractivity contribution in [3.63, 3.8) is 0 Å². The number of H-pyrrole nitrogens is 1. The second kappa shape index (κ2) is 6.98. The summed E-state index contributed by atoms with van der Waals surface area (Å²) in [5.41, 5.74) is 8.55. The lowest BCUT2D eigenvalue weighted by atomic mass is 10.2. The number of nitrogens with two attached hydrogens (primary N) is 1. The Labute approximate surface area is 164 Å². The molecule has 0 spiro atoms. The summed E-state index contributed by atoms with van der Waals surface area (Å²) in [7, 11) is 0. The molecular formula is C21H15ClFN3O2. The van der Waals surface area contributed by atoms with Gasteiger partial charge in [0.15, 0.2) is 0 Å². The molecule has 3 aromatic carbocycles. The molecular weight excluding hydrogens is 381 g/mol. The fraction of sp³-hybridized carbons (Fsp3) is 0.0476. The Kier molecular flexibility index (Phi) is 4.49. The number of halogens is 2. The Balaban J connectivity index is 1.65. The second-order valence-corrected chi connectivity index (χ2v) is 6.75. The molecule has 4 rings (SSSR count). The zero-order valence-electron chi connectivity index (χ0n) is 14.8. The van der Waals surface area contributed by atoms with E-state index in [1.165, 1.54) is 12.1 Å². The van der Waals surface area contributed by atoms with E-state index in [0.29, 0.717) is 44.5 Å². The summed E-state index contributed by atoms with van der Waals surface area (Å²) in [6.45, 7) is 1.76. The molecule has 0 atom stereocenters. The SMILES string of the molecule is Cc1cc(F)ccc1Oc1ccc(-c2nc3ccc(C(N)=O)cc3[nH]2)cc1Cl. The van der Waals surface area contributed by atoms with Crippen LogP contribution in [0.15, 0.2) is 54.6 Å². The van der Waals surface area contributed by atoms with Crippen LogP contribution in [0.5, 0.6) is 11.5 Å². The van der Waals surface area contributed by atoms with Gasteiger partial charge in [-0.3, -0.25) is 4.79 Å². The average Bonchev–Trinajstić information content (AvgIpc) is 3.08. The van der Waals surface area contributed by atoms with Crippen LogP contribution in [0.4, 0.5) is 4.39 Å². The number of amides is 1. The van der Waals surface area contributed by atoms with E-state index in [1.54, 1.807) is 43.3 Å². The monoisotopic (exact) mass is 395 g/mol. The van der Waals surface area contributed by atoms with Crippen molar-refractivity contribution in [1.29, 1.82) is 0 Å². The number of hydrogen-bond acceptors (Lipinski definition) is 3. The summed E-state index contributed by atoms with van der Waals surface area (Å²) in [6, 6.07) is 14.6. The van der Waals surface area contributed by atoms with Crippen LogP contribution in [0.1, 0.15) is 15.9 Å². The van der Waals surface area contributed by atoms with E-state index in [4.69, 9.17) is 22.1 Å². The van der Waals surface area contributed by atoms with Crippen molar-refractivity contribution < 1.29 is 13.9 Å². The lowest BCUT2D eigenvalue weighted by Crippen LogP contribution is -2.10. The van der Waals surface area contributed by atoms with Gasteiger partial charge in [0.05, 0.1) is 16.1 Å². The Morgan fingerprint density at radius 2 is 1.89 bits per heavy atom. The van der Waals surface area contributed by atoms with Gasteiger partial charge < -0.3 is 15.5 Å². The minimum Gasteiger partial charge on any atom is -0.456 e. The highest BCUT2D eigenvalue weighted by molar-refractivity contribution is 6.32. The predicted molar refractivity (Wildman–Crippen MR) is 106 cm³/mol. The predicted octanol–water partition coefficient (Wildman–Crippen LogP) is 5.22. The number of fused-ring (bicyclic) bond motifs is 1. The van der Waals surface area contributed by atoms with Crippen molar-refractivity contribution in [3.8, 4) is 22.9 Å². The normalized spacial score (nSPS) is 11.0. The summed E-state index contributed by atoms with van der Waals surface area (Å²) in [5, 5.41) is 0.388. The first-order valence-corrected chi connectivity index (χ1v) is 8.82. The smallest absolute Gasteiger partial charge is 0.248 e. The largest absolute Gasteiger partial charge is 0.456 e. The van der Waals surface area contributed by atoms with Crippen LogP contribution in [0, 0.1) is 12.7 Å². The maximum Gasteiger partial charge on any atom is 0.248 e. The summed E-state index contributed by atoms with van der Waals surface area (Å²) < 4.78 is 19.1. The Morgan fingerprint density at radius 3 is 2.61 bits per heavy atom. The minimum absolute atomic E-state index is 0.323. The fourth-order valence-corrected chi connectivity index (χ4v) is 3.10. The van der Waals surface area contributed by atoms with Gasteiger partial charge in [0, 0.05) is 11.1 Å². The molecule has 0 saturated carbocycles. The van der Waals surface area contributed by atoms with Crippen LogP contribution in [-0.4, -0.2) is 15.9 Å². The highest BCUT2D eigenvalue weighted by Crippen LogP contribution is 2.34. The average molecular weight is 396 g/mol. The standard InChI is InChI=1S/C21H15ClFN3O2/c1-11-8-14(23)4-7-18(11)28-19-6-3-13(9-15(19)22)21-25-16-5-2-12(20(24)27)10-17(16)26-21/h2-10H,1H3,(H2,24,27)(H,25,26). The zero-order valence-corrected chi connectivity index (χ0v) is 15.5. The molecule has 1 heterocycles. The number of imidazole rings is 1. The van der Waals surface area contributed by atoms with Gasteiger partial charge in [-0.1, -0.05) is 11.6 Å². The van der Waals surface area contributed by atoms with Crippen molar-refractivity contribution in [2.75, 3.05) is 0 Å². The van der Waals surface area contributed by atoms with E-state index >= 15 is 0 Å². The molecule has 28 heavy (non-hydrogen) atoms. The number of rotatable bonds is 4. The number of primary amides is 1. The van der Waals surface area contributed by atoms with E-state index in [9.17, 15) is 9.18 Å². The molecule has 0 aliphatic rings. The first-order valence-electron chi connectivity index (χ1n) is 8.44.